The number of aromatic nitrogens is 3. The number of hydrogen-bond donors (Lipinski definition) is 1. The van der Waals surface area contributed by atoms with Gasteiger partial charge in [0, 0.05) is 36.5 Å². The van der Waals surface area contributed by atoms with Gasteiger partial charge in [-0.2, -0.15) is 5.10 Å². The van der Waals surface area contributed by atoms with E-state index in [2.05, 4.69) is 48.0 Å². The minimum Gasteiger partial charge on any atom is -0.365 e. The van der Waals surface area contributed by atoms with Gasteiger partial charge >= 0.3 is 0 Å². The van der Waals surface area contributed by atoms with Crippen LogP contribution in [-0.4, -0.2) is 26.2 Å². The second kappa shape index (κ2) is 7.99. The van der Waals surface area contributed by atoms with Gasteiger partial charge < -0.3 is 9.88 Å². The van der Waals surface area contributed by atoms with Gasteiger partial charge in [0.25, 0.3) is 0 Å². The summed E-state index contributed by atoms with van der Waals surface area (Å²) in [6.45, 7) is 14.6. The molecule has 0 bridgehead atoms. The van der Waals surface area contributed by atoms with E-state index >= 15 is 0 Å². The minimum atomic E-state index is -0.175. The monoisotopic (exact) mass is 368 g/mol. The molecule has 1 unspecified atom stereocenters. The summed E-state index contributed by atoms with van der Waals surface area (Å²) in [7, 11) is 0. The number of allylic oxidation sites excluding steroid dienone is 4. The maximum atomic E-state index is 13.1. The lowest BCUT2D eigenvalue weighted by molar-refractivity contribution is 0.332. The quantitative estimate of drug-likeness (QED) is 0.701. The van der Waals surface area contributed by atoms with Crippen LogP contribution >= 0.6 is 0 Å². The summed E-state index contributed by atoms with van der Waals surface area (Å²) < 4.78 is 15.2. The number of nitrogens with one attached hydrogen (secondary N) is 1. The van der Waals surface area contributed by atoms with Crippen LogP contribution in [0.25, 0.3) is 5.70 Å². The molecule has 2 aromatic heterocycles. The van der Waals surface area contributed by atoms with E-state index in [9.17, 15) is 4.39 Å². The maximum Gasteiger partial charge on any atom is 0.0968 e. The predicted molar refractivity (Wildman–Crippen MR) is 109 cm³/mol. The lowest BCUT2D eigenvalue weighted by atomic mass is 9.95. The van der Waals surface area contributed by atoms with Crippen molar-refractivity contribution in [2.45, 2.75) is 53.1 Å². The van der Waals surface area contributed by atoms with Gasteiger partial charge in [0.2, 0.25) is 0 Å². The molecule has 0 amide bonds. The predicted octanol–water partition coefficient (Wildman–Crippen LogP) is 5.32. The molecule has 0 aromatic carbocycles. The molecule has 0 aliphatic carbocycles. The summed E-state index contributed by atoms with van der Waals surface area (Å²) in [4.78, 5) is 5.57. The third-order valence-electron chi connectivity index (χ3n) is 5.25. The standard InChI is InChI=1S/C22H29FN4/c1-6-19(10-9-16(3)23)13-27-22-15(2)12-26(14-20(22)17(4)25-27)18(5)21-8-7-11-24-21/h7-11,15,24H,5-6,12-14H2,1-4H3/b16-9+,19-10+. The summed E-state index contributed by atoms with van der Waals surface area (Å²) in [6.07, 6.45) is 6.22. The number of nitrogens with zero attached hydrogens (tertiary/aromatic N) is 3. The molecule has 1 atom stereocenters. The first kappa shape index (κ1) is 19.2. The van der Waals surface area contributed by atoms with Crippen molar-refractivity contribution >= 4 is 5.70 Å². The number of aryl methyl sites for hydroxylation is 1. The molecule has 0 saturated heterocycles. The van der Waals surface area contributed by atoms with Crippen molar-refractivity contribution in [2.24, 2.45) is 0 Å². The SMILES string of the molecule is C=C(c1ccc[nH]1)N1Cc2c(C)nn(C/C(=C/C=C(\C)F)CC)c2C(C)C1. The Morgan fingerprint density at radius 2 is 2.22 bits per heavy atom. The largest absolute Gasteiger partial charge is 0.365 e. The smallest absolute Gasteiger partial charge is 0.0968 e. The molecule has 1 aliphatic rings. The third kappa shape index (κ3) is 4.07. The van der Waals surface area contributed by atoms with Crippen LogP contribution < -0.4 is 0 Å². The van der Waals surface area contributed by atoms with E-state index in [0.29, 0.717) is 12.5 Å². The van der Waals surface area contributed by atoms with Crippen LogP contribution in [0.1, 0.15) is 55.8 Å². The van der Waals surface area contributed by atoms with Crippen molar-refractivity contribution < 1.29 is 4.39 Å². The molecular weight excluding hydrogens is 339 g/mol. The van der Waals surface area contributed by atoms with Crippen molar-refractivity contribution in [3.05, 3.63) is 71.1 Å². The Kier molecular flexibility index (Phi) is 5.68. The third-order valence-corrected chi connectivity index (χ3v) is 5.25. The van der Waals surface area contributed by atoms with Crippen molar-refractivity contribution in [1.82, 2.24) is 19.7 Å². The summed E-state index contributed by atoms with van der Waals surface area (Å²) in [5.74, 6) is 0.171. The van der Waals surface area contributed by atoms with Gasteiger partial charge in [-0.15, -0.1) is 0 Å². The molecule has 1 N–H and O–H groups in total. The molecule has 0 spiro atoms. The van der Waals surface area contributed by atoms with Crippen molar-refractivity contribution in [2.75, 3.05) is 6.54 Å². The zero-order chi connectivity index (χ0) is 19.6. The molecule has 0 fully saturated rings. The van der Waals surface area contributed by atoms with Crippen molar-refractivity contribution in [3.8, 4) is 0 Å². The first-order valence-corrected chi connectivity index (χ1v) is 9.56. The van der Waals surface area contributed by atoms with Gasteiger partial charge in [-0.25, -0.2) is 4.39 Å². The maximum absolute atomic E-state index is 13.1. The average Bonchev–Trinajstić information content (AvgIpc) is 3.26. The number of aromatic amines is 1. The summed E-state index contributed by atoms with van der Waals surface area (Å²) >= 11 is 0. The van der Waals surface area contributed by atoms with Gasteiger partial charge in [0.05, 0.1) is 29.5 Å². The summed E-state index contributed by atoms with van der Waals surface area (Å²) in [5, 5.41) is 4.81. The van der Waals surface area contributed by atoms with Gasteiger partial charge in [0.15, 0.2) is 0 Å². The fourth-order valence-corrected chi connectivity index (χ4v) is 3.77. The second-order valence-electron chi connectivity index (χ2n) is 7.35. The number of halogens is 1. The zero-order valence-corrected chi connectivity index (χ0v) is 16.7. The van der Waals surface area contributed by atoms with Crippen molar-refractivity contribution in [3.63, 3.8) is 0 Å². The molecule has 3 rings (SSSR count). The van der Waals surface area contributed by atoms with Gasteiger partial charge in [-0.3, -0.25) is 4.68 Å². The Morgan fingerprint density at radius 1 is 1.44 bits per heavy atom. The molecule has 3 heterocycles. The van der Waals surface area contributed by atoms with Gasteiger partial charge in [-0.05, 0) is 44.1 Å². The topological polar surface area (TPSA) is 36.9 Å². The molecular formula is C22H29FN4. The van der Waals surface area contributed by atoms with Crippen LogP contribution in [0.2, 0.25) is 0 Å². The fourth-order valence-electron chi connectivity index (χ4n) is 3.77. The van der Waals surface area contributed by atoms with E-state index in [1.165, 1.54) is 29.8 Å². The lowest BCUT2D eigenvalue weighted by Gasteiger charge is -2.34. The average molecular weight is 369 g/mol. The normalized spacial score (nSPS) is 18.0. The number of H-pyrrole nitrogens is 1. The van der Waals surface area contributed by atoms with E-state index in [4.69, 9.17) is 5.10 Å². The van der Waals surface area contributed by atoms with Crippen LogP contribution in [-0.2, 0) is 13.1 Å². The molecule has 27 heavy (non-hydrogen) atoms. The lowest BCUT2D eigenvalue weighted by Crippen LogP contribution is -2.32. The zero-order valence-electron chi connectivity index (χ0n) is 16.7. The fraction of sp³-hybridized carbons (Fsp3) is 0.409. The van der Waals surface area contributed by atoms with Crippen LogP contribution in [0.15, 0.2) is 48.5 Å². The highest BCUT2D eigenvalue weighted by Crippen LogP contribution is 2.34. The Labute approximate surface area is 161 Å². The van der Waals surface area contributed by atoms with Crippen molar-refractivity contribution in [1.29, 1.82) is 0 Å². The second-order valence-corrected chi connectivity index (χ2v) is 7.35. The van der Waals surface area contributed by atoms with Gasteiger partial charge in [-0.1, -0.05) is 26.5 Å². The van der Waals surface area contributed by atoms with Crippen LogP contribution in [0, 0.1) is 6.92 Å². The summed E-state index contributed by atoms with van der Waals surface area (Å²) in [6, 6.07) is 4.05. The highest BCUT2D eigenvalue weighted by Gasteiger charge is 2.29. The summed E-state index contributed by atoms with van der Waals surface area (Å²) in [5.41, 5.74) is 6.89. The Balaban J connectivity index is 1.87. The molecule has 1 aliphatic heterocycles. The van der Waals surface area contributed by atoms with E-state index in [1.54, 1.807) is 0 Å². The Hall–Kier alpha value is -2.56. The first-order valence-electron chi connectivity index (χ1n) is 9.56. The highest BCUT2D eigenvalue weighted by atomic mass is 19.1. The molecule has 5 heteroatoms. The van der Waals surface area contributed by atoms with E-state index < -0.39 is 0 Å². The first-order chi connectivity index (χ1) is 12.9. The number of fused-ring (bicyclic) bond motifs is 1. The van der Waals surface area contributed by atoms with Crippen LogP contribution in [0.5, 0.6) is 0 Å². The molecule has 0 radical (unpaired) electrons. The number of hydrogen-bond acceptors (Lipinski definition) is 2. The van der Waals surface area contributed by atoms with E-state index in [0.717, 1.165) is 36.6 Å². The van der Waals surface area contributed by atoms with E-state index in [-0.39, 0.29) is 5.83 Å². The highest BCUT2D eigenvalue weighted by molar-refractivity contribution is 5.59. The van der Waals surface area contributed by atoms with Crippen LogP contribution in [0.3, 0.4) is 0 Å². The Bertz CT molecular complexity index is 867. The number of rotatable bonds is 6. The Morgan fingerprint density at radius 3 is 2.85 bits per heavy atom. The van der Waals surface area contributed by atoms with Gasteiger partial charge in [0.1, 0.15) is 0 Å². The minimum absolute atomic E-state index is 0.175. The van der Waals surface area contributed by atoms with E-state index in [1.807, 2.05) is 18.3 Å². The van der Waals surface area contributed by atoms with Crippen LogP contribution in [0.4, 0.5) is 4.39 Å². The molecule has 4 nitrogen and oxygen atoms in total. The molecule has 2 aromatic rings. The molecule has 144 valence electrons. The molecule has 0 saturated carbocycles.